The van der Waals surface area contributed by atoms with Gasteiger partial charge in [-0.15, -0.1) is 0 Å². The Balaban J connectivity index is 1.22. The Bertz CT molecular complexity index is 2380. The zero-order chi connectivity index (χ0) is 40.4. The number of carbonyl (C=O) groups excluding carboxylic acids is 1. The number of nitro groups is 1. The third kappa shape index (κ3) is 7.35. The second-order valence-electron chi connectivity index (χ2n) is 13.9. The molecule has 1 amide bonds. The van der Waals surface area contributed by atoms with Crippen molar-refractivity contribution in [2.75, 3.05) is 25.7 Å². The van der Waals surface area contributed by atoms with Crippen LogP contribution in [-0.2, 0) is 33.5 Å². The molecule has 7 rings (SSSR count). The highest BCUT2D eigenvalue weighted by Gasteiger charge is 2.42. The first-order chi connectivity index (χ1) is 27.4. The van der Waals surface area contributed by atoms with Crippen LogP contribution in [0.15, 0.2) is 96.2 Å². The number of aliphatic hydroxyl groups is 1. The quantitative estimate of drug-likeness (QED) is 0.0884. The first kappa shape index (κ1) is 38.8. The van der Waals surface area contributed by atoms with E-state index in [4.69, 9.17) is 18.9 Å². The number of anilines is 1. The van der Waals surface area contributed by atoms with Crippen LogP contribution in [0.2, 0.25) is 0 Å². The molecule has 296 valence electrons. The number of aliphatic hydroxyl groups excluding tert-OH is 1. The number of hydrogen-bond donors (Lipinski definition) is 2. The molecule has 3 aromatic carbocycles. The average molecular weight is 779 g/mol. The van der Waals surface area contributed by atoms with Crippen molar-refractivity contribution in [3.05, 3.63) is 134 Å². The van der Waals surface area contributed by atoms with Crippen LogP contribution in [0.5, 0.6) is 11.5 Å². The Morgan fingerprint density at radius 1 is 1.02 bits per heavy atom. The van der Waals surface area contributed by atoms with E-state index in [1.807, 2.05) is 78.9 Å². The topological polar surface area (TPSA) is 202 Å². The zero-order valence-corrected chi connectivity index (χ0v) is 31.9. The first-order valence-corrected chi connectivity index (χ1v) is 18.2. The molecule has 1 aliphatic heterocycles. The number of hydrogen-bond acceptors (Lipinski definition) is 12. The molecule has 0 bridgehead atoms. The van der Waals surface area contributed by atoms with Gasteiger partial charge in [0.05, 0.1) is 40.3 Å². The number of nitrogens with zero attached hydrogens (tertiary/aromatic N) is 7. The van der Waals surface area contributed by atoms with Crippen molar-refractivity contribution in [2.24, 2.45) is 13.0 Å². The SMILES string of the molecule is COc1ccc(C(OC[C@H]2O[C@@H](n3cnc4c(=O)[nH]c(N(Cc5ncc([N+](=O)[O-])n5C)C(=O)C(C)C)nc43)C[C@@H]2O)(c2ccccc2)c2ccc(OC)cc2)cc1. The van der Waals surface area contributed by atoms with Gasteiger partial charge in [0.25, 0.3) is 5.56 Å². The van der Waals surface area contributed by atoms with Crippen LogP contribution in [0.1, 0.15) is 49.0 Å². The molecule has 3 aromatic heterocycles. The molecule has 57 heavy (non-hydrogen) atoms. The summed E-state index contributed by atoms with van der Waals surface area (Å²) in [6.45, 7) is 3.10. The molecule has 0 unspecified atom stereocenters. The van der Waals surface area contributed by atoms with Crippen molar-refractivity contribution in [2.45, 2.75) is 50.8 Å². The van der Waals surface area contributed by atoms with Gasteiger partial charge in [0, 0.05) is 12.3 Å². The molecule has 0 radical (unpaired) electrons. The number of amides is 1. The van der Waals surface area contributed by atoms with E-state index in [2.05, 4.69) is 19.9 Å². The molecule has 3 atom stereocenters. The third-order valence-electron chi connectivity index (χ3n) is 10.1. The highest BCUT2D eigenvalue weighted by Crippen LogP contribution is 2.43. The number of fused-ring (bicyclic) bond motifs is 1. The molecule has 1 aliphatic rings. The van der Waals surface area contributed by atoms with Crippen LogP contribution in [-0.4, -0.2) is 78.0 Å². The first-order valence-electron chi connectivity index (χ1n) is 18.2. The van der Waals surface area contributed by atoms with Gasteiger partial charge in [-0.05, 0) is 45.9 Å². The molecule has 0 aliphatic carbocycles. The maximum atomic E-state index is 13.5. The number of nitrogens with one attached hydrogen (secondary N) is 1. The van der Waals surface area contributed by atoms with Crippen molar-refractivity contribution in [1.82, 2.24) is 29.1 Å². The van der Waals surface area contributed by atoms with E-state index in [-0.39, 0.29) is 48.3 Å². The Morgan fingerprint density at radius 2 is 1.63 bits per heavy atom. The van der Waals surface area contributed by atoms with Crippen molar-refractivity contribution in [3.63, 3.8) is 0 Å². The van der Waals surface area contributed by atoms with Crippen molar-refractivity contribution >= 4 is 28.8 Å². The molecule has 17 heteroatoms. The summed E-state index contributed by atoms with van der Waals surface area (Å²) < 4.78 is 27.2. The minimum Gasteiger partial charge on any atom is -0.497 e. The summed E-state index contributed by atoms with van der Waals surface area (Å²) in [4.78, 5) is 54.8. The van der Waals surface area contributed by atoms with E-state index in [9.17, 15) is 24.8 Å². The van der Waals surface area contributed by atoms with Crippen LogP contribution >= 0.6 is 0 Å². The molecule has 6 aromatic rings. The number of rotatable bonds is 14. The summed E-state index contributed by atoms with van der Waals surface area (Å²) in [7, 11) is 4.67. The van der Waals surface area contributed by atoms with Gasteiger partial charge < -0.3 is 34.2 Å². The second-order valence-corrected chi connectivity index (χ2v) is 13.9. The van der Waals surface area contributed by atoms with Crippen molar-refractivity contribution in [1.29, 1.82) is 0 Å². The summed E-state index contributed by atoms with van der Waals surface area (Å²) in [5.41, 5.74) is 0.764. The fourth-order valence-electron chi connectivity index (χ4n) is 7.03. The van der Waals surface area contributed by atoms with Crippen LogP contribution in [0.4, 0.5) is 11.8 Å². The van der Waals surface area contributed by atoms with Gasteiger partial charge in [-0.25, -0.2) is 14.5 Å². The number of aromatic amines is 1. The molecule has 0 saturated carbocycles. The predicted molar refractivity (Wildman–Crippen MR) is 207 cm³/mol. The maximum Gasteiger partial charge on any atom is 0.342 e. The van der Waals surface area contributed by atoms with Gasteiger partial charge >= 0.3 is 5.82 Å². The largest absolute Gasteiger partial charge is 0.497 e. The number of aromatic nitrogens is 6. The summed E-state index contributed by atoms with van der Waals surface area (Å²) >= 11 is 0. The monoisotopic (exact) mass is 778 g/mol. The molecular formula is C40H42N8O9. The number of carbonyl (C=O) groups is 1. The van der Waals surface area contributed by atoms with E-state index < -0.39 is 46.3 Å². The lowest BCUT2D eigenvalue weighted by atomic mass is 9.80. The molecule has 17 nitrogen and oxygen atoms in total. The van der Waals surface area contributed by atoms with Gasteiger partial charge in [-0.2, -0.15) is 4.98 Å². The van der Waals surface area contributed by atoms with Crippen molar-refractivity contribution in [3.8, 4) is 11.5 Å². The molecule has 2 N–H and O–H groups in total. The number of H-pyrrole nitrogens is 1. The van der Waals surface area contributed by atoms with Gasteiger partial charge in [0.1, 0.15) is 42.2 Å². The number of benzene rings is 3. The highest BCUT2D eigenvalue weighted by molar-refractivity contribution is 5.93. The maximum absolute atomic E-state index is 13.5. The number of methoxy groups -OCH3 is 2. The summed E-state index contributed by atoms with van der Waals surface area (Å²) in [5, 5.41) is 22.9. The Morgan fingerprint density at radius 3 is 2.19 bits per heavy atom. The van der Waals surface area contributed by atoms with Gasteiger partial charge in [-0.1, -0.05) is 68.4 Å². The van der Waals surface area contributed by atoms with Crippen LogP contribution in [0.25, 0.3) is 11.2 Å². The second kappa shape index (κ2) is 16.0. The molecular weight excluding hydrogens is 736 g/mol. The van der Waals surface area contributed by atoms with Crippen LogP contribution in [0.3, 0.4) is 0 Å². The highest BCUT2D eigenvalue weighted by atomic mass is 16.6. The zero-order valence-electron chi connectivity index (χ0n) is 31.9. The fraction of sp³-hybridized carbons (Fsp3) is 0.325. The van der Waals surface area contributed by atoms with E-state index in [1.165, 1.54) is 22.8 Å². The van der Waals surface area contributed by atoms with Crippen LogP contribution < -0.4 is 19.9 Å². The Hall–Kier alpha value is -6.43. The molecule has 1 saturated heterocycles. The molecule has 0 spiro atoms. The molecule has 4 heterocycles. The Kier molecular flexibility index (Phi) is 10.9. The average Bonchev–Trinajstić information content (AvgIpc) is 3.93. The van der Waals surface area contributed by atoms with Gasteiger partial charge in [-0.3, -0.25) is 24.0 Å². The normalized spacial score (nSPS) is 16.9. The van der Waals surface area contributed by atoms with E-state index in [1.54, 1.807) is 32.6 Å². The minimum absolute atomic E-state index is 0.0109. The number of ether oxygens (including phenoxy) is 4. The summed E-state index contributed by atoms with van der Waals surface area (Å²) in [6.07, 6.45) is -0.0305. The lowest BCUT2D eigenvalue weighted by Gasteiger charge is -2.37. The van der Waals surface area contributed by atoms with Gasteiger partial charge in [0.15, 0.2) is 11.2 Å². The van der Waals surface area contributed by atoms with E-state index >= 15 is 0 Å². The predicted octanol–water partition coefficient (Wildman–Crippen LogP) is 4.62. The number of imidazole rings is 2. The Labute approximate surface area is 326 Å². The fourth-order valence-corrected chi connectivity index (χ4v) is 7.03. The summed E-state index contributed by atoms with van der Waals surface area (Å²) in [6, 6.07) is 24.9. The summed E-state index contributed by atoms with van der Waals surface area (Å²) in [5.74, 6) is 0.244. The lowest BCUT2D eigenvalue weighted by molar-refractivity contribution is -0.391. The standard InChI is InChI=1S/C40H42N8O9/c1-24(2)38(51)46(21-32-41-20-33(45(32)3)48(52)53)39-43-36-35(37(50)44-39)42-23-47(36)34-19-30(49)31(57-34)22-56-40(25-9-7-6-8-10-25,26-11-15-28(54-4)16-12-26)27-13-17-29(55-5)18-14-27/h6-18,20,23-24,30-31,34,49H,19,21-22H2,1-5H3,(H,43,44,50)/t30-,31+,34+/m0/s1. The smallest absolute Gasteiger partial charge is 0.342 e. The molecule has 1 fully saturated rings. The minimum atomic E-state index is -1.16. The third-order valence-corrected chi connectivity index (χ3v) is 10.1. The lowest BCUT2D eigenvalue weighted by Crippen LogP contribution is -2.38. The van der Waals surface area contributed by atoms with Crippen LogP contribution in [0, 0.1) is 16.0 Å². The van der Waals surface area contributed by atoms with E-state index in [0.29, 0.717) is 11.5 Å². The van der Waals surface area contributed by atoms with Crippen molar-refractivity contribution < 1.29 is 33.8 Å². The van der Waals surface area contributed by atoms with E-state index in [0.717, 1.165) is 22.9 Å². The van der Waals surface area contributed by atoms with Gasteiger partial charge in [0.2, 0.25) is 17.7 Å².